The third-order valence-corrected chi connectivity index (χ3v) is 3.65. The van der Waals surface area contributed by atoms with Crippen molar-refractivity contribution in [2.75, 3.05) is 11.9 Å². The number of halogens is 1. The molecule has 0 atom stereocenters. The van der Waals surface area contributed by atoms with Crippen LogP contribution in [0.2, 0.25) is 0 Å². The Labute approximate surface area is 172 Å². The van der Waals surface area contributed by atoms with E-state index in [1.54, 1.807) is 6.07 Å². The second-order valence-electron chi connectivity index (χ2n) is 6.16. The smallest absolute Gasteiger partial charge is 0.251 e. The maximum atomic E-state index is 12.0. The van der Waals surface area contributed by atoms with Crippen molar-refractivity contribution in [1.82, 2.24) is 5.32 Å². The fraction of sp³-hybridized carbons (Fsp3) is 0.300. The second kappa shape index (κ2) is 10.8. The van der Waals surface area contributed by atoms with Crippen LogP contribution in [0.25, 0.3) is 0 Å². The minimum Gasteiger partial charge on any atom is -0.370 e. The van der Waals surface area contributed by atoms with Gasteiger partial charge in [0.1, 0.15) is 0 Å². The highest BCUT2D eigenvalue weighted by atomic mass is 127. The van der Waals surface area contributed by atoms with Gasteiger partial charge in [-0.3, -0.25) is 4.79 Å². The maximum Gasteiger partial charge on any atom is 0.251 e. The fourth-order valence-electron chi connectivity index (χ4n) is 2.56. The first kappa shape index (κ1) is 22.0. The number of aryl methyl sites for hydroxylation is 2. The zero-order valence-corrected chi connectivity index (χ0v) is 17.8. The minimum absolute atomic E-state index is 0. The summed E-state index contributed by atoms with van der Waals surface area (Å²) in [5, 5.41) is 5.98. The Morgan fingerprint density at radius 3 is 2.46 bits per heavy atom. The molecule has 2 aromatic rings. The van der Waals surface area contributed by atoms with Crippen LogP contribution in [0.4, 0.5) is 5.69 Å². The zero-order valence-electron chi connectivity index (χ0n) is 15.5. The maximum absolute atomic E-state index is 12.0. The Hall–Kier alpha value is -2.09. The number of anilines is 1. The van der Waals surface area contributed by atoms with Gasteiger partial charge < -0.3 is 16.4 Å². The average Bonchev–Trinajstić information content (AvgIpc) is 2.57. The number of carbonyl (C=O) groups is 1. The minimum atomic E-state index is -0.0611. The van der Waals surface area contributed by atoms with E-state index in [2.05, 4.69) is 21.7 Å². The van der Waals surface area contributed by atoms with Gasteiger partial charge in [-0.2, -0.15) is 0 Å². The van der Waals surface area contributed by atoms with Crippen molar-refractivity contribution in [2.45, 2.75) is 33.7 Å². The van der Waals surface area contributed by atoms with Crippen molar-refractivity contribution < 1.29 is 4.79 Å². The van der Waals surface area contributed by atoms with Gasteiger partial charge in [0.05, 0.1) is 6.54 Å². The molecule has 0 saturated carbocycles. The van der Waals surface area contributed by atoms with Crippen LogP contribution in [0.3, 0.4) is 0 Å². The number of hydrogen-bond acceptors (Lipinski definition) is 2. The van der Waals surface area contributed by atoms with Crippen LogP contribution in [-0.4, -0.2) is 18.4 Å². The number of benzene rings is 2. The normalized spacial score (nSPS) is 10.8. The van der Waals surface area contributed by atoms with E-state index in [9.17, 15) is 4.79 Å². The number of nitrogens with one attached hydrogen (secondary N) is 2. The number of guanidine groups is 1. The van der Waals surface area contributed by atoms with Gasteiger partial charge in [0.15, 0.2) is 5.96 Å². The molecule has 1 amide bonds. The van der Waals surface area contributed by atoms with E-state index >= 15 is 0 Å². The van der Waals surface area contributed by atoms with Gasteiger partial charge in [-0.25, -0.2) is 4.99 Å². The van der Waals surface area contributed by atoms with Crippen molar-refractivity contribution in [3.63, 3.8) is 0 Å². The molecule has 0 fully saturated rings. The van der Waals surface area contributed by atoms with E-state index < -0.39 is 0 Å². The molecule has 26 heavy (non-hydrogen) atoms. The molecule has 0 saturated heterocycles. The number of aliphatic imine (C=N–C) groups is 1. The summed E-state index contributed by atoms with van der Waals surface area (Å²) in [7, 11) is 0. The quantitative estimate of drug-likeness (QED) is 0.342. The highest BCUT2D eigenvalue weighted by Crippen LogP contribution is 2.13. The van der Waals surface area contributed by atoms with Crippen molar-refractivity contribution in [1.29, 1.82) is 0 Å². The van der Waals surface area contributed by atoms with Crippen LogP contribution < -0.4 is 16.4 Å². The highest BCUT2D eigenvalue weighted by Gasteiger charge is 2.05. The third kappa shape index (κ3) is 7.03. The third-order valence-electron chi connectivity index (χ3n) is 3.65. The number of carbonyl (C=O) groups excluding carboxylic acids is 1. The van der Waals surface area contributed by atoms with Crippen LogP contribution in [-0.2, 0) is 6.54 Å². The van der Waals surface area contributed by atoms with E-state index in [0.717, 1.165) is 17.7 Å². The summed E-state index contributed by atoms with van der Waals surface area (Å²) in [6.07, 6.45) is 0.913. The molecule has 0 spiro atoms. The van der Waals surface area contributed by atoms with Crippen molar-refractivity contribution >= 4 is 41.5 Å². The zero-order chi connectivity index (χ0) is 18.2. The summed E-state index contributed by atoms with van der Waals surface area (Å²) in [5.41, 5.74) is 10.8. The van der Waals surface area contributed by atoms with Crippen molar-refractivity contribution in [2.24, 2.45) is 10.7 Å². The molecule has 4 N–H and O–H groups in total. The predicted octanol–water partition coefficient (Wildman–Crippen LogP) is 3.99. The monoisotopic (exact) mass is 466 g/mol. The van der Waals surface area contributed by atoms with E-state index in [0.29, 0.717) is 24.6 Å². The molecule has 0 unspecified atom stereocenters. The number of hydrogen-bond donors (Lipinski definition) is 3. The van der Waals surface area contributed by atoms with Gasteiger partial charge in [-0.05, 0) is 61.2 Å². The Morgan fingerprint density at radius 2 is 1.81 bits per heavy atom. The lowest BCUT2D eigenvalue weighted by Crippen LogP contribution is -2.24. The summed E-state index contributed by atoms with van der Waals surface area (Å²) >= 11 is 0. The Morgan fingerprint density at radius 1 is 1.12 bits per heavy atom. The molecule has 0 aliphatic rings. The molecule has 0 aliphatic heterocycles. The van der Waals surface area contributed by atoms with Crippen molar-refractivity contribution in [3.8, 4) is 0 Å². The highest BCUT2D eigenvalue weighted by molar-refractivity contribution is 14.0. The molecule has 6 heteroatoms. The molecule has 0 aliphatic carbocycles. The van der Waals surface area contributed by atoms with E-state index in [-0.39, 0.29) is 29.9 Å². The number of nitrogens with two attached hydrogens (primary N) is 1. The molecule has 0 radical (unpaired) electrons. The van der Waals surface area contributed by atoms with Gasteiger partial charge in [0.2, 0.25) is 0 Å². The van der Waals surface area contributed by atoms with Crippen LogP contribution in [0.15, 0.2) is 47.5 Å². The van der Waals surface area contributed by atoms with E-state index in [4.69, 9.17) is 5.73 Å². The van der Waals surface area contributed by atoms with E-state index in [1.165, 1.54) is 11.1 Å². The number of rotatable bonds is 6. The lowest BCUT2D eigenvalue weighted by Gasteiger charge is -2.08. The number of amides is 1. The Bertz CT molecular complexity index is 754. The summed E-state index contributed by atoms with van der Waals surface area (Å²) in [6.45, 7) is 7.20. The summed E-state index contributed by atoms with van der Waals surface area (Å²) < 4.78 is 0. The van der Waals surface area contributed by atoms with E-state index in [1.807, 2.05) is 51.1 Å². The van der Waals surface area contributed by atoms with Gasteiger partial charge in [-0.15, -0.1) is 24.0 Å². The Kier molecular flexibility index (Phi) is 9.12. The van der Waals surface area contributed by atoms with Crippen LogP contribution in [0, 0.1) is 13.8 Å². The largest absolute Gasteiger partial charge is 0.370 e. The van der Waals surface area contributed by atoms with Gasteiger partial charge in [0, 0.05) is 17.8 Å². The van der Waals surface area contributed by atoms with Crippen LogP contribution >= 0.6 is 24.0 Å². The molecule has 0 heterocycles. The van der Waals surface area contributed by atoms with Gasteiger partial charge >= 0.3 is 0 Å². The molecule has 2 rings (SSSR count). The first-order valence-electron chi connectivity index (χ1n) is 8.50. The van der Waals surface area contributed by atoms with Gasteiger partial charge in [0.25, 0.3) is 5.91 Å². The first-order chi connectivity index (χ1) is 12.0. The lowest BCUT2D eigenvalue weighted by atomic mass is 10.1. The predicted molar refractivity (Wildman–Crippen MR) is 119 cm³/mol. The molecular formula is C20H27IN4O. The van der Waals surface area contributed by atoms with Gasteiger partial charge in [-0.1, -0.05) is 25.1 Å². The number of nitrogens with zero attached hydrogens (tertiary/aromatic N) is 1. The summed E-state index contributed by atoms with van der Waals surface area (Å²) in [6, 6.07) is 13.6. The molecule has 140 valence electrons. The van der Waals surface area contributed by atoms with Crippen LogP contribution in [0.1, 0.15) is 40.4 Å². The van der Waals surface area contributed by atoms with Crippen LogP contribution in [0.5, 0.6) is 0 Å². The fourth-order valence-corrected chi connectivity index (χ4v) is 2.56. The standard InChI is InChI=1S/C20H26N4O.HI/c1-4-8-22-19(25)17-7-5-6-16(12-17)13-23-20(21)24-18-10-14(2)9-15(3)11-18;/h5-7,9-12H,4,8,13H2,1-3H3,(H,22,25)(H3,21,23,24);1H. The summed E-state index contributed by atoms with van der Waals surface area (Å²) in [5.74, 6) is 0.292. The molecule has 2 aromatic carbocycles. The SMILES string of the molecule is CCCNC(=O)c1cccc(CN=C(N)Nc2cc(C)cc(C)c2)c1.I. The first-order valence-corrected chi connectivity index (χ1v) is 8.50. The summed E-state index contributed by atoms with van der Waals surface area (Å²) in [4.78, 5) is 16.4. The van der Waals surface area contributed by atoms with Crippen molar-refractivity contribution in [3.05, 3.63) is 64.7 Å². The second-order valence-corrected chi connectivity index (χ2v) is 6.16. The topological polar surface area (TPSA) is 79.5 Å². The lowest BCUT2D eigenvalue weighted by molar-refractivity contribution is 0.0953. The molecule has 5 nitrogen and oxygen atoms in total. The molecular weight excluding hydrogens is 439 g/mol. The molecule has 0 aromatic heterocycles. The average molecular weight is 466 g/mol. The Balaban J connectivity index is 0.00000338. The molecule has 0 bridgehead atoms.